The molecule has 0 bridgehead atoms. The van der Waals surface area contributed by atoms with E-state index in [0.717, 1.165) is 9.91 Å². The molecule has 3 rings (SSSR count). The summed E-state index contributed by atoms with van der Waals surface area (Å²) in [5.41, 5.74) is 2.80. The molecule has 0 spiro atoms. The van der Waals surface area contributed by atoms with Crippen LogP contribution in [-0.2, 0) is 19.2 Å². The Bertz CT molecular complexity index is 1050. The Morgan fingerprint density at radius 3 is 2.03 bits per heavy atom. The molecular weight excluding hydrogens is 442 g/mol. The van der Waals surface area contributed by atoms with Gasteiger partial charge in [0.1, 0.15) is 23.3 Å². The lowest BCUT2D eigenvalue weighted by Gasteiger charge is -2.29. The number of amides is 4. The van der Waals surface area contributed by atoms with Gasteiger partial charge in [0.25, 0.3) is 11.8 Å². The summed E-state index contributed by atoms with van der Waals surface area (Å²) < 4.78 is 15.6. The van der Waals surface area contributed by atoms with E-state index in [0.29, 0.717) is 22.9 Å². The minimum absolute atomic E-state index is 0.261. The monoisotopic (exact) mass is 469 g/mol. The minimum Gasteiger partial charge on any atom is -0.497 e. The van der Waals surface area contributed by atoms with E-state index in [1.807, 2.05) is 0 Å². The molecule has 1 fully saturated rings. The standard InChI is InChI=1S/C24H27N3O7/c1-15(2)23(30)27(25-21(28)14-34-19-11-9-18(33-4)10-12-19)20-13-22(29)26(24(20)31)16-5-7-17(32-3)8-6-16/h5-12,15,20H,13-14H2,1-4H3,(H,25,28). The molecule has 0 saturated carbocycles. The minimum atomic E-state index is -1.17. The van der Waals surface area contributed by atoms with E-state index in [4.69, 9.17) is 14.2 Å². The van der Waals surface area contributed by atoms with E-state index in [1.165, 1.54) is 14.2 Å². The van der Waals surface area contributed by atoms with Gasteiger partial charge in [-0.05, 0) is 48.5 Å². The van der Waals surface area contributed by atoms with Crippen LogP contribution in [0.25, 0.3) is 0 Å². The topological polar surface area (TPSA) is 114 Å². The molecule has 0 aliphatic carbocycles. The predicted molar refractivity (Wildman–Crippen MR) is 122 cm³/mol. The second-order valence-corrected chi connectivity index (χ2v) is 7.85. The summed E-state index contributed by atoms with van der Waals surface area (Å²) in [5, 5.41) is 0.939. The van der Waals surface area contributed by atoms with Gasteiger partial charge >= 0.3 is 0 Å². The summed E-state index contributed by atoms with van der Waals surface area (Å²) >= 11 is 0. The van der Waals surface area contributed by atoms with Gasteiger partial charge in [0.05, 0.1) is 26.3 Å². The Morgan fingerprint density at radius 2 is 1.50 bits per heavy atom. The number of nitrogens with one attached hydrogen (secondary N) is 1. The summed E-state index contributed by atoms with van der Waals surface area (Å²) in [7, 11) is 3.04. The number of methoxy groups -OCH3 is 2. The van der Waals surface area contributed by atoms with Crippen molar-refractivity contribution < 1.29 is 33.4 Å². The molecule has 1 heterocycles. The van der Waals surface area contributed by atoms with Crippen LogP contribution in [0.2, 0.25) is 0 Å². The molecule has 180 valence electrons. The Labute approximate surface area is 197 Å². The van der Waals surface area contributed by atoms with Gasteiger partial charge in [-0.25, -0.2) is 9.91 Å². The molecule has 0 radical (unpaired) electrons. The Kier molecular flexibility index (Phi) is 7.72. The number of carbonyl (C=O) groups is 4. The lowest BCUT2D eigenvalue weighted by molar-refractivity contribution is -0.150. The molecule has 34 heavy (non-hydrogen) atoms. The number of hydrazine groups is 1. The highest BCUT2D eigenvalue weighted by molar-refractivity contribution is 6.23. The van der Waals surface area contributed by atoms with E-state index < -0.39 is 42.2 Å². The quantitative estimate of drug-likeness (QED) is 0.464. The van der Waals surface area contributed by atoms with Crippen molar-refractivity contribution in [2.45, 2.75) is 26.3 Å². The van der Waals surface area contributed by atoms with Crippen LogP contribution in [0.15, 0.2) is 48.5 Å². The SMILES string of the molecule is COc1ccc(OCC(=O)NN(C(=O)C(C)C)C2CC(=O)N(c3ccc(OC)cc3)C2=O)cc1. The molecule has 1 N–H and O–H groups in total. The van der Waals surface area contributed by atoms with Gasteiger partial charge in [0.15, 0.2) is 6.61 Å². The van der Waals surface area contributed by atoms with Crippen LogP contribution in [0.3, 0.4) is 0 Å². The maximum atomic E-state index is 13.1. The number of rotatable bonds is 8. The van der Waals surface area contributed by atoms with Gasteiger partial charge in [-0.2, -0.15) is 0 Å². The van der Waals surface area contributed by atoms with Crippen LogP contribution in [0.5, 0.6) is 17.2 Å². The third-order valence-electron chi connectivity index (χ3n) is 5.17. The summed E-state index contributed by atoms with van der Waals surface area (Å²) in [6.07, 6.45) is -0.261. The van der Waals surface area contributed by atoms with Crippen molar-refractivity contribution in [2.24, 2.45) is 5.92 Å². The molecule has 1 unspecified atom stereocenters. The van der Waals surface area contributed by atoms with Gasteiger partial charge in [-0.3, -0.25) is 24.6 Å². The Hall–Kier alpha value is -4.08. The average molecular weight is 469 g/mol. The van der Waals surface area contributed by atoms with Crippen LogP contribution in [-0.4, -0.2) is 55.5 Å². The van der Waals surface area contributed by atoms with Crippen molar-refractivity contribution >= 4 is 29.3 Å². The molecule has 0 aromatic heterocycles. The van der Waals surface area contributed by atoms with Crippen molar-refractivity contribution in [1.82, 2.24) is 10.4 Å². The van der Waals surface area contributed by atoms with Gasteiger partial charge in [0.2, 0.25) is 11.8 Å². The normalized spacial score (nSPS) is 15.3. The molecule has 1 saturated heterocycles. The van der Waals surface area contributed by atoms with Gasteiger partial charge in [-0.1, -0.05) is 13.8 Å². The highest BCUT2D eigenvalue weighted by Gasteiger charge is 2.45. The number of nitrogens with zero attached hydrogens (tertiary/aromatic N) is 2. The first-order valence-corrected chi connectivity index (χ1v) is 10.7. The maximum absolute atomic E-state index is 13.1. The molecule has 1 aliphatic heterocycles. The number of ether oxygens (including phenoxy) is 3. The van der Waals surface area contributed by atoms with Crippen LogP contribution in [0.1, 0.15) is 20.3 Å². The third kappa shape index (κ3) is 5.45. The molecule has 2 aromatic carbocycles. The van der Waals surface area contributed by atoms with E-state index >= 15 is 0 Å². The third-order valence-corrected chi connectivity index (χ3v) is 5.17. The first-order valence-electron chi connectivity index (χ1n) is 10.7. The largest absolute Gasteiger partial charge is 0.497 e. The second kappa shape index (κ2) is 10.7. The van der Waals surface area contributed by atoms with E-state index in [-0.39, 0.29) is 6.42 Å². The highest BCUT2D eigenvalue weighted by Crippen LogP contribution is 2.27. The Balaban J connectivity index is 1.73. The lowest BCUT2D eigenvalue weighted by atomic mass is 10.1. The van der Waals surface area contributed by atoms with E-state index in [2.05, 4.69) is 5.43 Å². The van der Waals surface area contributed by atoms with Crippen LogP contribution < -0.4 is 24.5 Å². The number of imide groups is 1. The first kappa shape index (κ1) is 24.6. The van der Waals surface area contributed by atoms with Crippen molar-refractivity contribution in [3.05, 3.63) is 48.5 Å². The van der Waals surface area contributed by atoms with E-state index in [1.54, 1.807) is 62.4 Å². The fourth-order valence-corrected chi connectivity index (χ4v) is 3.37. The zero-order chi connectivity index (χ0) is 24.8. The molecular formula is C24H27N3O7. The van der Waals surface area contributed by atoms with Gasteiger partial charge in [0, 0.05) is 5.92 Å². The predicted octanol–water partition coefficient (Wildman–Crippen LogP) is 1.93. The van der Waals surface area contributed by atoms with Crippen molar-refractivity contribution in [2.75, 3.05) is 25.7 Å². The fraction of sp³-hybridized carbons (Fsp3) is 0.333. The Morgan fingerprint density at radius 1 is 0.971 bits per heavy atom. The summed E-state index contributed by atoms with van der Waals surface area (Å²) in [6.45, 7) is 2.88. The zero-order valence-electron chi connectivity index (χ0n) is 19.4. The molecule has 10 heteroatoms. The van der Waals surface area contributed by atoms with Crippen LogP contribution in [0.4, 0.5) is 5.69 Å². The number of benzene rings is 2. The summed E-state index contributed by atoms with van der Waals surface area (Å²) in [6, 6.07) is 11.9. The zero-order valence-corrected chi connectivity index (χ0v) is 19.4. The molecule has 4 amide bonds. The van der Waals surface area contributed by atoms with Crippen LogP contribution in [0, 0.1) is 5.92 Å². The summed E-state index contributed by atoms with van der Waals surface area (Å²) in [4.78, 5) is 52.2. The average Bonchev–Trinajstić information content (AvgIpc) is 3.14. The number of anilines is 1. The van der Waals surface area contributed by atoms with Crippen LogP contribution >= 0.6 is 0 Å². The number of carbonyl (C=O) groups excluding carboxylic acids is 4. The van der Waals surface area contributed by atoms with Gasteiger partial charge in [-0.15, -0.1) is 0 Å². The highest BCUT2D eigenvalue weighted by atomic mass is 16.5. The number of hydrogen-bond donors (Lipinski definition) is 1. The lowest BCUT2D eigenvalue weighted by Crippen LogP contribution is -2.56. The van der Waals surface area contributed by atoms with Crippen molar-refractivity contribution in [1.29, 1.82) is 0 Å². The molecule has 1 atom stereocenters. The number of hydrogen-bond acceptors (Lipinski definition) is 7. The van der Waals surface area contributed by atoms with Crippen molar-refractivity contribution in [3.63, 3.8) is 0 Å². The maximum Gasteiger partial charge on any atom is 0.276 e. The fourth-order valence-electron chi connectivity index (χ4n) is 3.37. The first-order chi connectivity index (χ1) is 16.2. The molecule has 2 aromatic rings. The second-order valence-electron chi connectivity index (χ2n) is 7.85. The summed E-state index contributed by atoms with van der Waals surface area (Å²) in [5.74, 6) is -1.13. The van der Waals surface area contributed by atoms with Gasteiger partial charge < -0.3 is 14.2 Å². The smallest absolute Gasteiger partial charge is 0.276 e. The van der Waals surface area contributed by atoms with E-state index in [9.17, 15) is 19.2 Å². The van der Waals surface area contributed by atoms with Crippen molar-refractivity contribution in [3.8, 4) is 17.2 Å². The molecule has 1 aliphatic rings. The molecule has 10 nitrogen and oxygen atoms in total.